The zero-order valence-electron chi connectivity index (χ0n) is 16.3. The second kappa shape index (κ2) is 10.6. The molecular weight excluding hydrogens is 320 g/mol. The van der Waals surface area contributed by atoms with E-state index in [2.05, 4.69) is 23.2 Å². The molecule has 0 aliphatic heterocycles. The van der Waals surface area contributed by atoms with E-state index in [1.54, 1.807) is 0 Å². The van der Waals surface area contributed by atoms with Crippen LogP contribution in [0.15, 0.2) is 24.3 Å². The molecule has 1 aromatic rings. The van der Waals surface area contributed by atoms with E-state index in [-0.39, 0.29) is 0 Å². The summed E-state index contributed by atoms with van der Waals surface area (Å²) in [5.41, 5.74) is 7.51. The Morgan fingerprint density at radius 3 is 2.19 bits per heavy atom. The summed E-state index contributed by atoms with van der Waals surface area (Å²) >= 11 is 0. The van der Waals surface area contributed by atoms with Crippen molar-refractivity contribution in [2.24, 2.45) is 0 Å². The summed E-state index contributed by atoms with van der Waals surface area (Å²) in [5, 5.41) is 0. The van der Waals surface area contributed by atoms with Gasteiger partial charge in [-0.1, -0.05) is 57.1 Å². The van der Waals surface area contributed by atoms with Gasteiger partial charge in [-0.2, -0.15) is 4.98 Å². The molecule has 0 spiro atoms. The van der Waals surface area contributed by atoms with Crippen molar-refractivity contribution < 1.29 is 4.74 Å². The Kier molecular flexibility index (Phi) is 7.85. The van der Waals surface area contributed by atoms with Crippen LogP contribution in [0.25, 0.3) is 0 Å². The quantitative estimate of drug-likeness (QED) is 0.625. The first-order chi connectivity index (χ1) is 12.8. The third-order valence-corrected chi connectivity index (χ3v) is 5.93. The van der Waals surface area contributed by atoms with Crippen LogP contribution in [-0.4, -0.2) is 11.1 Å². The maximum Gasteiger partial charge on any atom is 0.215 e. The number of ether oxygens (including phenoxy) is 1. The average molecular weight is 357 g/mol. The number of allylic oxidation sites excluding steroid dienone is 2. The number of nitrogen functional groups attached to an aromatic ring is 1. The van der Waals surface area contributed by atoms with Crippen molar-refractivity contribution in [3.63, 3.8) is 0 Å². The van der Waals surface area contributed by atoms with Crippen LogP contribution in [0.1, 0.15) is 101 Å². The SMILES string of the molecule is Nc1nc(OC2CCCCCCCC2)ccc1C1/C=C\CCCCCC1. The van der Waals surface area contributed by atoms with Crippen molar-refractivity contribution >= 4 is 5.82 Å². The first-order valence-corrected chi connectivity index (χ1v) is 10.9. The van der Waals surface area contributed by atoms with E-state index >= 15 is 0 Å². The Hall–Kier alpha value is -1.51. The van der Waals surface area contributed by atoms with E-state index in [1.807, 2.05) is 6.07 Å². The Morgan fingerprint density at radius 2 is 1.46 bits per heavy atom. The van der Waals surface area contributed by atoms with Gasteiger partial charge in [-0.3, -0.25) is 0 Å². The van der Waals surface area contributed by atoms with Gasteiger partial charge < -0.3 is 10.5 Å². The molecule has 1 heterocycles. The lowest BCUT2D eigenvalue weighted by atomic mass is 9.93. The van der Waals surface area contributed by atoms with Gasteiger partial charge in [0, 0.05) is 17.5 Å². The van der Waals surface area contributed by atoms with E-state index in [9.17, 15) is 0 Å². The lowest BCUT2D eigenvalue weighted by molar-refractivity contribution is 0.169. The predicted octanol–water partition coefficient (Wildman–Crippen LogP) is 6.54. The second-order valence-corrected chi connectivity index (χ2v) is 8.09. The van der Waals surface area contributed by atoms with Crippen LogP contribution in [-0.2, 0) is 0 Å². The summed E-state index contributed by atoms with van der Waals surface area (Å²) in [7, 11) is 0. The molecule has 0 radical (unpaired) electrons. The molecule has 1 aromatic heterocycles. The molecule has 1 fully saturated rings. The molecule has 1 atom stereocenters. The van der Waals surface area contributed by atoms with Crippen LogP contribution in [0.4, 0.5) is 5.82 Å². The standard InChI is InChI=1S/C23H36N2O/c24-23-21(19-13-9-5-1-2-6-10-14-19)17-18-22(25-23)26-20-15-11-7-3-4-8-12-16-20/h9,13,17-20H,1-8,10-12,14-16H2,(H2,24,25)/b13-9-. The molecule has 2 aliphatic carbocycles. The van der Waals surface area contributed by atoms with Crippen LogP contribution in [0.2, 0.25) is 0 Å². The highest BCUT2D eigenvalue weighted by atomic mass is 16.5. The number of nitrogens with zero attached hydrogens (tertiary/aromatic N) is 1. The van der Waals surface area contributed by atoms with Crippen LogP contribution in [0.3, 0.4) is 0 Å². The normalized spacial score (nSPS) is 25.0. The summed E-state index contributed by atoms with van der Waals surface area (Å²) in [4.78, 5) is 4.62. The number of nitrogens with two attached hydrogens (primary N) is 1. The molecule has 0 saturated heterocycles. The number of hydrogen-bond donors (Lipinski definition) is 1. The first kappa shape index (κ1) is 19.3. The Labute approximate surface area is 159 Å². The van der Waals surface area contributed by atoms with Gasteiger partial charge in [-0.15, -0.1) is 0 Å². The Balaban J connectivity index is 1.64. The summed E-state index contributed by atoms with van der Waals surface area (Å²) in [6.07, 6.45) is 22.9. The van der Waals surface area contributed by atoms with Crippen molar-refractivity contribution in [3.05, 3.63) is 29.8 Å². The van der Waals surface area contributed by atoms with Crippen LogP contribution >= 0.6 is 0 Å². The topological polar surface area (TPSA) is 48.1 Å². The van der Waals surface area contributed by atoms with Gasteiger partial charge in [-0.25, -0.2) is 0 Å². The van der Waals surface area contributed by atoms with Crippen molar-refractivity contribution in [3.8, 4) is 5.88 Å². The van der Waals surface area contributed by atoms with Crippen molar-refractivity contribution in [2.45, 2.75) is 102 Å². The van der Waals surface area contributed by atoms with Gasteiger partial charge in [0.05, 0.1) is 0 Å². The second-order valence-electron chi connectivity index (χ2n) is 8.09. The van der Waals surface area contributed by atoms with E-state index in [0.29, 0.717) is 23.7 Å². The van der Waals surface area contributed by atoms with Crippen molar-refractivity contribution in [1.29, 1.82) is 0 Å². The van der Waals surface area contributed by atoms with Gasteiger partial charge in [-0.05, 0) is 51.0 Å². The molecule has 3 nitrogen and oxygen atoms in total. The van der Waals surface area contributed by atoms with Crippen molar-refractivity contribution in [1.82, 2.24) is 4.98 Å². The molecule has 2 N–H and O–H groups in total. The molecule has 0 bridgehead atoms. The van der Waals surface area contributed by atoms with Crippen LogP contribution < -0.4 is 10.5 Å². The molecule has 3 heteroatoms. The monoisotopic (exact) mass is 356 g/mol. The zero-order chi connectivity index (χ0) is 18.0. The molecule has 0 amide bonds. The summed E-state index contributed by atoms with van der Waals surface area (Å²) in [5.74, 6) is 1.77. The van der Waals surface area contributed by atoms with Gasteiger partial charge in [0.15, 0.2) is 0 Å². The van der Waals surface area contributed by atoms with E-state index in [1.165, 1.54) is 82.6 Å². The number of aromatic nitrogens is 1. The van der Waals surface area contributed by atoms with Crippen molar-refractivity contribution in [2.75, 3.05) is 5.73 Å². The predicted molar refractivity (Wildman–Crippen MR) is 110 cm³/mol. The average Bonchev–Trinajstić information content (AvgIpc) is 2.85. The number of pyridine rings is 1. The molecule has 1 saturated carbocycles. The largest absolute Gasteiger partial charge is 0.474 e. The fourth-order valence-electron chi connectivity index (χ4n) is 4.33. The van der Waals surface area contributed by atoms with Gasteiger partial charge in [0.25, 0.3) is 0 Å². The highest BCUT2D eigenvalue weighted by molar-refractivity contribution is 5.45. The lowest BCUT2D eigenvalue weighted by Gasteiger charge is -2.20. The Bertz CT molecular complexity index is 559. The minimum atomic E-state index is 0.302. The fourth-order valence-corrected chi connectivity index (χ4v) is 4.33. The Morgan fingerprint density at radius 1 is 0.808 bits per heavy atom. The van der Waals surface area contributed by atoms with Gasteiger partial charge >= 0.3 is 0 Å². The van der Waals surface area contributed by atoms with Crippen LogP contribution in [0.5, 0.6) is 5.88 Å². The van der Waals surface area contributed by atoms with Crippen LogP contribution in [0, 0.1) is 0 Å². The molecule has 26 heavy (non-hydrogen) atoms. The highest BCUT2D eigenvalue weighted by Crippen LogP contribution is 2.31. The number of anilines is 1. The maximum atomic E-state index is 6.34. The summed E-state index contributed by atoms with van der Waals surface area (Å²) in [6, 6.07) is 4.19. The molecule has 144 valence electrons. The molecule has 2 aliphatic rings. The third-order valence-electron chi connectivity index (χ3n) is 5.93. The zero-order valence-corrected chi connectivity index (χ0v) is 16.3. The smallest absolute Gasteiger partial charge is 0.215 e. The van der Waals surface area contributed by atoms with Gasteiger partial charge in [0.1, 0.15) is 11.9 Å². The van der Waals surface area contributed by atoms with E-state index < -0.39 is 0 Å². The molecule has 3 rings (SSSR count). The highest BCUT2D eigenvalue weighted by Gasteiger charge is 2.17. The minimum absolute atomic E-state index is 0.302. The van der Waals surface area contributed by atoms with Gasteiger partial charge in [0.2, 0.25) is 5.88 Å². The van der Waals surface area contributed by atoms with E-state index in [0.717, 1.165) is 12.8 Å². The summed E-state index contributed by atoms with van der Waals surface area (Å²) in [6.45, 7) is 0. The first-order valence-electron chi connectivity index (χ1n) is 10.9. The molecular formula is C23H36N2O. The van der Waals surface area contributed by atoms with E-state index in [4.69, 9.17) is 10.5 Å². The minimum Gasteiger partial charge on any atom is -0.474 e. The summed E-state index contributed by atoms with van der Waals surface area (Å²) < 4.78 is 6.23. The number of hydrogen-bond acceptors (Lipinski definition) is 3. The molecule has 1 unspecified atom stereocenters. The lowest BCUT2D eigenvalue weighted by Crippen LogP contribution is -2.17. The maximum absolute atomic E-state index is 6.34. The number of rotatable bonds is 3. The fraction of sp³-hybridized carbons (Fsp3) is 0.696. The molecule has 0 aromatic carbocycles. The third kappa shape index (κ3) is 6.03.